The summed E-state index contributed by atoms with van der Waals surface area (Å²) in [6, 6.07) is 0.327. The summed E-state index contributed by atoms with van der Waals surface area (Å²) >= 11 is 0. The van der Waals surface area contributed by atoms with Crippen molar-refractivity contribution >= 4 is 0 Å². The molecule has 0 unspecified atom stereocenters. The average Bonchev–Trinajstić information content (AvgIpc) is 2.30. The van der Waals surface area contributed by atoms with Gasteiger partial charge in [0.2, 0.25) is 0 Å². The molecule has 0 bridgehead atoms. The number of nitrogens with two attached hydrogens (primary N) is 1. The zero-order chi connectivity index (χ0) is 9.47. The van der Waals surface area contributed by atoms with Crippen LogP contribution in [0.15, 0.2) is 0 Å². The molecule has 0 amide bonds. The van der Waals surface area contributed by atoms with Gasteiger partial charge >= 0.3 is 0 Å². The molecule has 13 heavy (non-hydrogen) atoms. The summed E-state index contributed by atoms with van der Waals surface area (Å²) in [5, 5.41) is 0. The third-order valence-electron chi connectivity index (χ3n) is 3.27. The van der Waals surface area contributed by atoms with E-state index in [-0.39, 0.29) is 0 Å². The van der Waals surface area contributed by atoms with E-state index in [2.05, 4.69) is 23.8 Å². The number of hydrogen-bond acceptors (Lipinski definition) is 3. The molecule has 0 aromatic rings. The van der Waals surface area contributed by atoms with Crippen molar-refractivity contribution in [2.45, 2.75) is 19.4 Å². The monoisotopic (exact) mass is 183 g/mol. The van der Waals surface area contributed by atoms with Gasteiger partial charge in [0.05, 0.1) is 0 Å². The molecule has 0 aromatic carbocycles. The molecule has 0 aromatic heterocycles. The fraction of sp³-hybridized carbons (Fsp3) is 1.00. The van der Waals surface area contributed by atoms with Crippen molar-refractivity contribution in [1.29, 1.82) is 0 Å². The minimum absolute atomic E-state index is 0.327. The summed E-state index contributed by atoms with van der Waals surface area (Å²) in [4.78, 5) is 4.94. The third kappa shape index (κ3) is 1.87. The first-order valence-electron chi connectivity index (χ1n) is 5.26. The van der Waals surface area contributed by atoms with Gasteiger partial charge in [-0.05, 0) is 26.9 Å². The van der Waals surface area contributed by atoms with Crippen molar-refractivity contribution in [2.24, 2.45) is 11.1 Å². The van der Waals surface area contributed by atoms with Gasteiger partial charge < -0.3 is 15.5 Å². The van der Waals surface area contributed by atoms with Crippen LogP contribution in [0.4, 0.5) is 0 Å². The second kappa shape index (κ2) is 3.23. The molecular formula is C10H21N3. The fourth-order valence-electron chi connectivity index (χ4n) is 2.95. The molecule has 0 saturated carbocycles. The SMILES string of the molecule is C[C@H](N)CN1CCC2(CN(C)C2)C1. The predicted molar refractivity (Wildman–Crippen MR) is 54.6 cm³/mol. The molecule has 3 heteroatoms. The van der Waals surface area contributed by atoms with E-state index in [1.165, 1.54) is 32.6 Å². The molecule has 2 fully saturated rings. The van der Waals surface area contributed by atoms with Gasteiger partial charge in [0, 0.05) is 37.6 Å². The van der Waals surface area contributed by atoms with Crippen LogP contribution in [0.25, 0.3) is 0 Å². The third-order valence-corrected chi connectivity index (χ3v) is 3.27. The maximum absolute atomic E-state index is 5.80. The van der Waals surface area contributed by atoms with Crippen LogP contribution < -0.4 is 5.73 Å². The number of nitrogens with zero attached hydrogens (tertiary/aromatic N) is 2. The van der Waals surface area contributed by atoms with Crippen LogP contribution in [0.3, 0.4) is 0 Å². The van der Waals surface area contributed by atoms with Crippen LogP contribution in [0.5, 0.6) is 0 Å². The van der Waals surface area contributed by atoms with Crippen molar-refractivity contribution < 1.29 is 0 Å². The van der Waals surface area contributed by atoms with Gasteiger partial charge in [0.15, 0.2) is 0 Å². The van der Waals surface area contributed by atoms with Crippen LogP contribution in [-0.4, -0.2) is 55.6 Å². The zero-order valence-electron chi connectivity index (χ0n) is 8.79. The molecule has 2 aliphatic heterocycles. The highest BCUT2D eigenvalue weighted by Gasteiger charge is 2.45. The molecule has 0 aliphatic carbocycles. The molecule has 2 rings (SSSR count). The summed E-state index contributed by atoms with van der Waals surface area (Å²) < 4.78 is 0. The molecule has 2 N–H and O–H groups in total. The smallest absolute Gasteiger partial charge is 0.0139 e. The second-order valence-corrected chi connectivity index (χ2v) is 5.13. The van der Waals surface area contributed by atoms with E-state index < -0.39 is 0 Å². The van der Waals surface area contributed by atoms with Crippen molar-refractivity contribution in [2.75, 3.05) is 39.8 Å². The molecule has 1 atom stereocenters. The summed E-state index contributed by atoms with van der Waals surface area (Å²) in [6.07, 6.45) is 1.38. The standard InChI is InChI=1S/C10H21N3/c1-9(11)5-13-4-3-10(8-13)6-12(2)7-10/h9H,3-8,11H2,1-2H3/t9-/m0/s1. The minimum atomic E-state index is 0.327. The Labute approximate surface area is 80.9 Å². The highest BCUT2D eigenvalue weighted by atomic mass is 15.3. The number of rotatable bonds is 2. The molecule has 2 heterocycles. The van der Waals surface area contributed by atoms with Gasteiger partial charge in [-0.2, -0.15) is 0 Å². The van der Waals surface area contributed by atoms with Crippen molar-refractivity contribution in [1.82, 2.24) is 9.80 Å². The van der Waals surface area contributed by atoms with Gasteiger partial charge in [-0.1, -0.05) is 0 Å². The minimum Gasteiger partial charge on any atom is -0.327 e. The zero-order valence-corrected chi connectivity index (χ0v) is 8.79. The average molecular weight is 183 g/mol. The summed E-state index contributed by atoms with van der Waals surface area (Å²) in [5.41, 5.74) is 6.44. The molecule has 1 spiro atoms. The lowest BCUT2D eigenvalue weighted by Gasteiger charge is -2.46. The number of hydrogen-bond donors (Lipinski definition) is 1. The van der Waals surface area contributed by atoms with Gasteiger partial charge in [0.25, 0.3) is 0 Å². The lowest BCUT2D eigenvalue weighted by atomic mass is 9.79. The predicted octanol–water partition coefficient (Wildman–Crippen LogP) is -0.0289. The molecular weight excluding hydrogens is 162 g/mol. The highest BCUT2D eigenvalue weighted by molar-refractivity contribution is 5.00. The van der Waals surface area contributed by atoms with Gasteiger partial charge in [-0.15, -0.1) is 0 Å². The molecule has 76 valence electrons. The first-order valence-corrected chi connectivity index (χ1v) is 5.26. The Morgan fingerprint density at radius 3 is 2.62 bits per heavy atom. The topological polar surface area (TPSA) is 32.5 Å². The van der Waals surface area contributed by atoms with E-state index in [0.29, 0.717) is 11.5 Å². The van der Waals surface area contributed by atoms with E-state index in [4.69, 9.17) is 5.73 Å². The normalized spacial score (nSPS) is 30.7. The van der Waals surface area contributed by atoms with E-state index in [0.717, 1.165) is 6.54 Å². The Kier molecular flexibility index (Phi) is 2.34. The molecule has 2 saturated heterocycles. The first-order chi connectivity index (χ1) is 6.10. The van der Waals surface area contributed by atoms with E-state index in [1.807, 2.05) is 0 Å². The van der Waals surface area contributed by atoms with Crippen LogP contribution in [-0.2, 0) is 0 Å². The van der Waals surface area contributed by atoms with Crippen LogP contribution in [0, 0.1) is 5.41 Å². The fourth-order valence-corrected chi connectivity index (χ4v) is 2.95. The lowest BCUT2D eigenvalue weighted by molar-refractivity contribution is 0.0305. The van der Waals surface area contributed by atoms with Gasteiger partial charge in [-0.25, -0.2) is 0 Å². The number of likely N-dealkylation sites (tertiary alicyclic amines) is 2. The van der Waals surface area contributed by atoms with Crippen LogP contribution >= 0.6 is 0 Å². The largest absolute Gasteiger partial charge is 0.327 e. The summed E-state index contributed by atoms with van der Waals surface area (Å²) in [6.45, 7) is 8.29. The Morgan fingerprint density at radius 1 is 1.38 bits per heavy atom. The first kappa shape index (κ1) is 9.44. The van der Waals surface area contributed by atoms with E-state index >= 15 is 0 Å². The Bertz CT molecular complexity index is 185. The van der Waals surface area contributed by atoms with E-state index in [1.54, 1.807) is 0 Å². The van der Waals surface area contributed by atoms with Crippen LogP contribution in [0.2, 0.25) is 0 Å². The Balaban J connectivity index is 1.81. The van der Waals surface area contributed by atoms with Crippen molar-refractivity contribution in [3.05, 3.63) is 0 Å². The van der Waals surface area contributed by atoms with E-state index in [9.17, 15) is 0 Å². The maximum Gasteiger partial charge on any atom is 0.0139 e. The Hall–Kier alpha value is -0.120. The summed E-state index contributed by atoms with van der Waals surface area (Å²) in [5.74, 6) is 0. The van der Waals surface area contributed by atoms with Crippen molar-refractivity contribution in [3.63, 3.8) is 0 Å². The Morgan fingerprint density at radius 2 is 2.08 bits per heavy atom. The van der Waals surface area contributed by atoms with Crippen LogP contribution in [0.1, 0.15) is 13.3 Å². The van der Waals surface area contributed by atoms with Gasteiger partial charge in [-0.3, -0.25) is 0 Å². The summed E-state index contributed by atoms with van der Waals surface area (Å²) in [7, 11) is 2.21. The van der Waals surface area contributed by atoms with Gasteiger partial charge in [0.1, 0.15) is 0 Å². The molecule has 3 nitrogen and oxygen atoms in total. The molecule has 2 aliphatic rings. The molecule has 0 radical (unpaired) electrons. The lowest BCUT2D eigenvalue weighted by Crippen LogP contribution is -2.55. The maximum atomic E-state index is 5.80. The second-order valence-electron chi connectivity index (χ2n) is 5.13. The highest BCUT2D eigenvalue weighted by Crippen LogP contribution is 2.38. The van der Waals surface area contributed by atoms with Crippen molar-refractivity contribution in [3.8, 4) is 0 Å². The quantitative estimate of drug-likeness (QED) is 0.652.